The molecule has 0 bridgehead atoms. The lowest BCUT2D eigenvalue weighted by atomic mass is 9.95. The van der Waals surface area contributed by atoms with Gasteiger partial charge in [-0.1, -0.05) is 37.5 Å². The second kappa shape index (κ2) is 7.90. The highest BCUT2D eigenvalue weighted by Gasteiger charge is 2.13. The Morgan fingerprint density at radius 2 is 2.00 bits per heavy atom. The lowest BCUT2D eigenvalue weighted by Gasteiger charge is -2.22. The summed E-state index contributed by atoms with van der Waals surface area (Å²) in [5.41, 5.74) is 1.00. The van der Waals surface area contributed by atoms with Crippen molar-refractivity contribution < 1.29 is 9.53 Å². The van der Waals surface area contributed by atoms with Crippen molar-refractivity contribution in [1.82, 2.24) is 10.6 Å². The van der Waals surface area contributed by atoms with Crippen LogP contribution in [0.2, 0.25) is 0 Å². The largest absolute Gasteiger partial charge is 0.496 e. The van der Waals surface area contributed by atoms with E-state index in [4.69, 9.17) is 4.74 Å². The Hall–Kier alpha value is -1.55. The van der Waals surface area contributed by atoms with Crippen LogP contribution in [0.1, 0.15) is 37.7 Å². The third-order valence-electron chi connectivity index (χ3n) is 3.82. The molecule has 1 amide bonds. The fourth-order valence-electron chi connectivity index (χ4n) is 2.65. The van der Waals surface area contributed by atoms with Gasteiger partial charge in [-0.2, -0.15) is 0 Å². The van der Waals surface area contributed by atoms with Crippen LogP contribution in [0, 0.1) is 0 Å². The highest BCUT2D eigenvalue weighted by Crippen LogP contribution is 2.17. The first-order chi connectivity index (χ1) is 9.79. The maximum Gasteiger partial charge on any atom is 0.234 e. The summed E-state index contributed by atoms with van der Waals surface area (Å²) >= 11 is 0. The van der Waals surface area contributed by atoms with Crippen LogP contribution >= 0.6 is 0 Å². The standard InChI is InChI=1S/C16H24N2O2/c1-20-15-10-6-5-7-13(15)11-18-16(19)12-17-14-8-3-2-4-9-14/h5-7,10,14,17H,2-4,8-9,11-12H2,1H3,(H,18,19). The summed E-state index contributed by atoms with van der Waals surface area (Å²) in [7, 11) is 1.64. The molecule has 1 aliphatic carbocycles. The Morgan fingerprint density at radius 1 is 1.25 bits per heavy atom. The van der Waals surface area contributed by atoms with E-state index in [1.54, 1.807) is 7.11 Å². The van der Waals surface area contributed by atoms with Crippen molar-refractivity contribution in [2.24, 2.45) is 0 Å². The van der Waals surface area contributed by atoms with Gasteiger partial charge in [0, 0.05) is 18.2 Å². The van der Waals surface area contributed by atoms with Crippen LogP contribution in [-0.2, 0) is 11.3 Å². The molecule has 0 aromatic heterocycles. The highest BCUT2D eigenvalue weighted by atomic mass is 16.5. The molecule has 0 heterocycles. The zero-order chi connectivity index (χ0) is 14.2. The van der Waals surface area contributed by atoms with Gasteiger partial charge in [-0.25, -0.2) is 0 Å². The molecule has 20 heavy (non-hydrogen) atoms. The fourth-order valence-corrected chi connectivity index (χ4v) is 2.65. The predicted molar refractivity (Wildman–Crippen MR) is 79.7 cm³/mol. The smallest absolute Gasteiger partial charge is 0.234 e. The van der Waals surface area contributed by atoms with Gasteiger partial charge < -0.3 is 15.4 Å². The van der Waals surface area contributed by atoms with Crippen LogP contribution in [0.25, 0.3) is 0 Å². The van der Waals surface area contributed by atoms with Gasteiger partial charge in [0.2, 0.25) is 5.91 Å². The van der Waals surface area contributed by atoms with Crippen LogP contribution < -0.4 is 15.4 Å². The van der Waals surface area contributed by atoms with Crippen LogP contribution in [-0.4, -0.2) is 25.6 Å². The number of nitrogens with one attached hydrogen (secondary N) is 2. The molecule has 0 aliphatic heterocycles. The summed E-state index contributed by atoms with van der Waals surface area (Å²) in [5.74, 6) is 0.856. The molecule has 4 heteroatoms. The van der Waals surface area contributed by atoms with E-state index in [1.165, 1.54) is 32.1 Å². The van der Waals surface area contributed by atoms with Gasteiger partial charge in [0.25, 0.3) is 0 Å². The molecule has 0 atom stereocenters. The van der Waals surface area contributed by atoms with Crippen molar-refractivity contribution in [3.8, 4) is 5.75 Å². The Labute approximate surface area is 120 Å². The molecule has 1 aromatic rings. The van der Waals surface area contributed by atoms with E-state index in [9.17, 15) is 4.79 Å². The lowest BCUT2D eigenvalue weighted by Crippen LogP contribution is -2.39. The van der Waals surface area contributed by atoms with Crippen LogP contribution in [0.15, 0.2) is 24.3 Å². The number of amides is 1. The monoisotopic (exact) mass is 276 g/mol. The van der Waals surface area contributed by atoms with Crippen LogP contribution in [0.3, 0.4) is 0 Å². The zero-order valence-electron chi connectivity index (χ0n) is 12.2. The van der Waals surface area contributed by atoms with Gasteiger partial charge in [-0.15, -0.1) is 0 Å². The van der Waals surface area contributed by atoms with Crippen LogP contribution in [0.4, 0.5) is 0 Å². The number of carbonyl (C=O) groups excluding carboxylic acids is 1. The maximum absolute atomic E-state index is 11.8. The normalized spacial score (nSPS) is 15.8. The molecular weight excluding hydrogens is 252 g/mol. The number of hydrogen-bond donors (Lipinski definition) is 2. The van der Waals surface area contributed by atoms with Crippen molar-refractivity contribution in [1.29, 1.82) is 0 Å². The summed E-state index contributed by atoms with van der Waals surface area (Å²) in [4.78, 5) is 11.8. The summed E-state index contributed by atoms with van der Waals surface area (Å²) < 4.78 is 5.27. The maximum atomic E-state index is 11.8. The molecule has 1 saturated carbocycles. The number of rotatable bonds is 6. The minimum atomic E-state index is 0.0430. The molecule has 0 spiro atoms. The highest BCUT2D eigenvalue weighted by molar-refractivity contribution is 5.78. The van der Waals surface area contributed by atoms with Crippen molar-refractivity contribution in [2.75, 3.05) is 13.7 Å². The molecule has 110 valence electrons. The number of para-hydroxylation sites is 1. The Balaban J connectivity index is 1.71. The van der Waals surface area contributed by atoms with E-state index >= 15 is 0 Å². The second-order valence-corrected chi connectivity index (χ2v) is 5.30. The van der Waals surface area contributed by atoms with Gasteiger partial charge in [0.1, 0.15) is 5.75 Å². The van der Waals surface area contributed by atoms with Gasteiger partial charge in [-0.3, -0.25) is 4.79 Å². The first-order valence-electron chi connectivity index (χ1n) is 7.41. The van der Waals surface area contributed by atoms with Crippen molar-refractivity contribution in [3.05, 3.63) is 29.8 Å². The summed E-state index contributed by atoms with van der Waals surface area (Å²) in [5, 5.41) is 6.27. The average Bonchev–Trinajstić information content (AvgIpc) is 2.52. The second-order valence-electron chi connectivity index (χ2n) is 5.30. The molecule has 0 saturated heterocycles. The van der Waals surface area contributed by atoms with Gasteiger partial charge in [0.15, 0.2) is 0 Å². The number of benzene rings is 1. The number of ether oxygens (including phenoxy) is 1. The minimum absolute atomic E-state index is 0.0430. The van der Waals surface area contributed by atoms with E-state index in [0.29, 0.717) is 19.1 Å². The van der Waals surface area contributed by atoms with Crippen molar-refractivity contribution >= 4 is 5.91 Å². The Bertz CT molecular complexity index is 428. The Kier molecular flexibility index (Phi) is 5.87. The third-order valence-corrected chi connectivity index (χ3v) is 3.82. The van der Waals surface area contributed by atoms with E-state index < -0.39 is 0 Å². The molecule has 4 nitrogen and oxygen atoms in total. The number of methoxy groups -OCH3 is 1. The Morgan fingerprint density at radius 3 is 2.75 bits per heavy atom. The molecule has 2 rings (SSSR count). The zero-order valence-corrected chi connectivity index (χ0v) is 12.2. The summed E-state index contributed by atoms with van der Waals surface area (Å²) in [6, 6.07) is 8.26. The SMILES string of the molecule is COc1ccccc1CNC(=O)CNC1CCCCC1. The quantitative estimate of drug-likeness (QED) is 0.837. The van der Waals surface area contributed by atoms with Gasteiger partial charge in [-0.05, 0) is 18.9 Å². The summed E-state index contributed by atoms with van der Waals surface area (Å²) in [6.07, 6.45) is 6.28. The minimum Gasteiger partial charge on any atom is -0.496 e. The van der Waals surface area contributed by atoms with E-state index in [-0.39, 0.29) is 5.91 Å². The summed E-state index contributed by atoms with van der Waals surface area (Å²) in [6.45, 7) is 0.912. The number of hydrogen-bond acceptors (Lipinski definition) is 3. The third kappa shape index (κ3) is 4.53. The molecule has 2 N–H and O–H groups in total. The molecule has 0 radical (unpaired) electrons. The number of carbonyl (C=O) groups is 1. The first kappa shape index (κ1) is 14.9. The molecule has 0 unspecified atom stereocenters. The molecule has 1 aromatic carbocycles. The van der Waals surface area contributed by atoms with Gasteiger partial charge >= 0.3 is 0 Å². The van der Waals surface area contributed by atoms with Gasteiger partial charge in [0.05, 0.1) is 13.7 Å². The predicted octanol–water partition coefficient (Wildman–Crippen LogP) is 2.23. The van der Waals surface area contributed by atoms with E-state index in [1.807, 2.05) is 24.3 Å². The topological polar surface area (TPSA) is 50.4 Å². The van der Waals surface area contributed by atoms with E-state index in [0.717, 1.165) is 11.3 Å². The fraction of sp³-hybridized carbons (Fsp3) is 0.562. The van der Waals surface area contributed by atoms with Crippen LogP contribution in [0.5, 0.6) is 5.75 Å². The van der Waals surface area contributed by atoms with Crippen molar-refractivity contribution in [2.45, 2.75) is 44.7 Å². The van der Waals surface area contributed by atoms with E-state index in [2.05, 4.69) is 10.6 Å². The molecule has 1 fully saturated rings. The molecular formula is C16H24N2O2. The lowest BCUT2D eigenvalue weighted by molar-refractivity contribution is -0.120. The first-order valence-corrected chi connectivity index (χ1v) is 7.41. The molecule has 1 aliphatic rings. The average molecular weight is 276 g/mol. The van der Waals surface area contributed by atoms with Crippen molar-refractivity contribution in [3.63, 3.8) is 0 Å².